The van der Waals surface area contributed by atoms with Crippen molar-refractivity contribution in [2.45, 2.75) is 13.0 Å². The Bertz CT molecular complexity index is 199. The second kappa shape index (κ2) is 3.22. The summed E-state index contributed by atoms with van der Waals surface area (Å²) in [7, 11) is 0. The summed E-state index contributed by atoms with van der Waals surface area (Å²) in [6.07, 6.45) is 5.06. The van der Waals surface area contributed by atoms with Crippen molar-refractivity contribution in [1.82, 2.24) is 4.98 Å². The number of nitrogens with one attached hydrogen (secondary N) is 1. The molecule has 10 heavy (non-hydrogen) atoms. The zero-order valence-corrected chi connectivity index (χ0v) is 5.91. The zero-order valence-electron chi connectivity index (χ0n) is 5.91. The van der Waals surface area contributed by atoms with Gasteiger partial charge in [0.15, 0.2) is 0 Å². The Morgan fingerprint density at radius 3 is 3.00 bits per heavy atom. The fourth-order valence-electron chi connectivity index (χ4n) is 0.691. The molecular weight excluding hydrogens is 126 g/mol. The third-order valence-corrected chi connectivity index (χ3v) is 1.18. The quantitative estimate of drug-likeness (QED) is 0.635. The van der Waals surface area contributed by atoms with Gasteiger partial charge in [0.2, 0.25) is 0 Å². The van der Waals surface area contributed by atoms with Gasteiger partial charge in [-0.25, -0.2) is 0 Å². The Hall–Kier alpha value is -1.02. The van der Waals surface area contributed by atoms with Crippen LogP contribution in [-0.4, -0.2) is 16.2 Å². The first kappa shape index (κ1) is 7.09. The normalized spacial score (nSPS) is 14.2. The molecular formula is C8H11NO. The van der Waals surface area contributed by atoms with E-state index in [0.29, 0.717) is 0 Å². The lowest BCUT2D eigenvalue weighted by Gasteiger charge is -1.90. The van der Waals surface area contributed by atoms with Gasteiger partial charge in [0.05, 0.1) is 6.10 Å². The minimum atomic E-state index is -0.372. The number of hydrogen-bond acceptors (Lipinski definition) is 1. The Morgan fingerprint density at radius 2 is 2.50 bits per heavy atom. The van der Waals surface area contributed by atoms with Crippen LogP contribution in [0.15, 0.2) is 24.4 Å². The van der Waals surface area contributed by atoms with Crippen molar-refractivity contribution >= 4 is 6.08 Å². The van der Waals surface area contributed by atoms with Gasteiger partial charge in [-0.05, 0) is 25.1 Å². The molecule has 1 heterocycles. The predicted molar refractivity (Wildman–Crippen MR) is 41.5 cm³/mol. The van der Waals surface area contributed by atoms with Crippen LogP contribution in [0.3, 0.4) is 0 Å². The molecule has 0 aromatic carbocycles. The smallest absolute Gasteiger partial charge is 0.0696 e. The molecule has 0 saturated heterocycles. The van der Waals surface area contributed by atoms with E-state index < -0.39 is 0 Å². The Labute approximate surface area is 60.2 Å². The van der Waals surface area contributed by atoms with Crippen molar-refractivity contribution < 1.29 is 5.11 Å². The van der Waals surface area contributed by atoms with Crippen LogP contribution in [0.4, 0.5) is 0 Å². The summed E-state index contributed by atoms with van der Waals surface area (Å²) in [5, 5.41) is 8.85. The van der Waals surface area contributed by atoms with E-state index in [4.69, 9.17) is 5.11 Å². The zero-order chi connectivity index (χ0) is 7.40. The number of H-pyrrole nitrogens is 1. The molecule has 1 atom stereocenters. The number of hydrogen-bond donors (Lipinski definition) is 2. The summed E-state index contributed by atoms with van der Waals surface area (Å²) in [5.41, 5.74) is 1.01. The lowest BCUT2D eigenvalue weighted by Crippen LogP contribution is -1.90. The standard InChI is InChI=1S/C8H11NO/c1-7(10)4-5-8-3-2-6-9-8/h2-7,9-10H,1H3/b5-4+. The van der Waals surface area contributed by atoms with E-state index in [0.717, 1.165) is 5.69 Å². The number of aromatic amines is 1. The highest BCUT2D eigenvalue weighted by Gasteiger charge is 1.86. The van der Waals surface area contributed by atoms with Crippen LogP contribution < -0.4 is 0 Å². The van der Waals surface area contributed by atoms with Crippen LogP contribution in [0.1, 0.15) is 12.6 Å². The highest BCUT2D eigenvalue weighted by molar-refractivity contribution is 5.44. The Balaban J connectivity index is 2.55. The van der Waals surface area contributed by atoms with Gasteiger partial charge in [0.25, 0.3) is 0 Å². The second-order valence-corrected chi connectivity index (χ2v) is 2.23. The molecule has 0 saturated carbocycles. The van der Waals surface area contributed by atoms with E-state index in [-0.39, 0.29) is 6.10 Å². The summed E-state index contributed by atoms with van der Waals surface area (Å²) < 4.78 is 0. The van der Waals surface area contributed by atoms with Gasteiger partial charge in [-0.1, -0.05) is 6.08 Å². The van der Waals surface area contributed by atoms with Gasteiger partial charge in [0.1, 0.15) is 0 Å². The van der Waals surface area contributed by atoms with Gasteiger partial charge in [-0.3, -0.25) is 0 Å². The first-order valence-electron chi connectivity index (χ1n) is 3.28. The summed E-state index contributed by atoms with van der Waals surface area (Å²) in [4.78, 5) is 2.99. The number of aromatic nitrogens is 1. The van der Waals surface area contributed by atoms with Crippen molar-refractivity contribution in [2.24, 2.45) is 0 Å². The van der Waals surface area contributed by atoms with Crippen molar-refractivity contribution in [2.75, 3.05) is 0 Å². The minimum Gasteiger partial charge on any atom is -0.389 e. The number of rotatable bonds is 2. The molecule has 1 aromatic heterocycles. The average Bonchev–Trinajstić information content (AvgIpc) is 2.34. The fraction of sp³-hybridized carbons (Fsp3) is 0.250. The van der Waals surface area contributed by atoms with Crippen LogP contribution in [0.25, 0.3) is 6.08 Å². The van der Waals surface area contributed by atoms with Crippen LogP contribution >= 0.6 is 0 Å². The van der Waals surface area contributed by atoms with Crippen LogP contribution in [0.2, 0.25) is 0 Å². The highest BCUT2D eigenvalue weighted by Crippen LogP contribution is 1.97. The minimum absolute atomic E-state index is 0.372. The van der Waals surface area contributed by atoms with Gasteiger partial charge in [-0.15, -0.1) is 0 Å². The van der Waals surface area contributed by atoms with Crippen molar-refractivity contribution in [3.05, 3.63) is 30.1 Å². The number of aliphatic hydroxyl groups is 1. The molecule has 2 heteroatoms. The van der Waals surface area contributed by atoms with Gasteiger partial charge < -0.3 is 10.1 Å². The summed E-state index contributed by atoms with van der Waals surface area (Å²) in [6, 6.07) is 3.86. The lowest BCUT2D eigenvalue weighted by molar-refractivity contribution is 0.245. The van der Waals surface area contributed by atoms with E-state index >= 15 is 0 Å². The summed E-state index contributed by atoms with van der Waals surface area (Å²) in [6.45, 7) is 1.72. The molecule has 0 aliphatic carbocycles. The molecule has 1 aromatic rings. The fourth-order valence-corrected chi connectivity index (χ4v) is 0.691. The molecule has 2 N–H and O–H groups in total. The summed E-state index contributed by atoms with van der Waals surface area (Å²) in [5.74, 6) is 0. The second-order valence-electron chi connectivity index (χ2n) is 2.23. The van der Waals surface area contributed by atoms with Gasteiger partial charge >= 0.3 is 0 Å². The molecule has 0 aliphatic heterocycles. The molecule has 0 fully saturated rings. The van der Waals surface area contributed by atoms with Crippen molar-refractivity contribution in [3.8, 4) is 0 Å². The van der Waals surface area contributed by atoms with E-state index in [2.05, 4.69) is 4.98 Å². The first-order valence-corrected chi connectivity index (χ1v) is 3.28. The van der Waals surface area contributed by atoms with E-state index in [9.17, 15) is 0 Å². The van der Waals surface area contributed by atoms with E-state index in [1.54, 1.807) is 13.0 Å². The maximum absolute atomic E-state index is 8.85. The topological polar surface area (TPSA) is 36.0 Å². The molecule has 0 spiro atoms. The Kier molecular flexibility index (Phi) is 2.29. The monoisotopic (exact) mass is 137 g/mol. The molecule has 2 nitrogen and oxygen atoms in total. The van der Waals surface area contributed by atoms with Crippen LogP contribution in [0, 0.1) is 0 Å². The van der Waals surface area contributed by atoms with Crippen LogP contribution in [-0.2, 0) is 0 Å². The molecule has 0 bridgehead atoms. The van der Waals surface area contributed by atoms with Gasteiger partial charge in [-0.2, -0.15) is 0 Å². The van der Waals surface area contributed by atoms with Crippen molar-refractivity contribution in [1.29, 1.82) is 0 Å². The molecule has 1 unspecified atom stereocenters. The maximum atomic E-state index is 8.85. The largest absolute Gasteiger partial charge is 0.389 e. The SMILES string of the molecule is CC(O)/C=C/c1ccc[nH]1. The molecule has 0 aliphatic rings. The average molecular weight is 137 g/mol. The first-order chi connectivity index (χ1) is 4.79. The molecule has 1 rings (SSSR count). The molecule has 54 valence electrons. The lowest BCUT2D eigenvalue weighted by atomic mass is 10.3. The van der Waals surface area contributed by atoms with Gasteiger partial charge in [0, 0.05) is 11.9 Å². The van der Waals surface area contributed by atoms with E-state index in [1.807, 2.05) is 24.4 Å². The van der Waals surface area contributed by atoms with Crippen molar-refractivity contribution in [3.63, 3.8) is 0 Å². The maximum Gasteiger partial charge on any atom is 0.0696 e. The molecule has 0 amide bonds. The number of aliphatic hydroxyl groups excluding tert-OH is 1. The van der Waals surface area contributed by atoms with E-state index in [1.165, 1.54) is 0 Å². The Morgan fingerprint density at radius 1 is 1.70 bits per heavy atom. The highest BCUT2D eigenvalue weighted by atomic mass is 16.3. The summed E-state index contributed by atoms with van der Waals surface area (Å²) >= 11 is 0. The third kappa shape index (κ3) is 2.07. The van der Waals surface area contributed by atoms with Crippen LogP contribution in [0.5, 0.6) is 0 Å². The molecule has 0 radical (unpaired) electrons. The third-order valence-electron chi connectivity index (χ3n) is 1.18. The predicted octanol–water partition coefficient (Wildman–Crippen LogP) is 1.41.